The predicted octanol–water partition coefficient (Wildman–Crippen LogP) is 15.7. The molecule has 0 heterocycles. The van der Waals surface area contributed by atoms with Gasteiger partial charge in [-0.05, 0) is 149 Å². The molecule has 0 aliphatic heterocycles. The lowest BCUT2D eigenvalue weighted by Crippen LogP contribution is -2.52. The van der Waals surface area contributed by atoms with E-state index in [9.17, 15) is 5.11 Å². The summed E-state index contributed by atoms with van der Waals surface area (Å²) in [6.45, 7) is 18.0. The van der Waals surface area contributed by atoms with E-state index < -0.39 is 5.54 Å². The van der Waals surface area contributed by atoms with Crippen molar-refractivity contribution in [1.82, 2.24) is 0 Å². The van der Waals surface area contributed by atoms with Gasteiger partial charge in [0.05, 0.1) is 31.5 Å². The summed E-state index contributed by atoms with van der Waals surface area (Å²) in [7, 11) is 0. The second-order valence-corrected chi connectivity index (χ2v) is 22.7. The minimum Gasteiger partial charge on any atom is -0.394 e. The van der Waals surface area contributed by atoms with Crippen molar-refractivity contribution >= 4 is 0 Å². The lowest BCUT2D eigenvalue weighted by molar-refractivity contribution is -0.0641. The first kappa shape index (κ1) is 54.6. The van der Waals surface area contributed by atoms with Crippen LogP contribution in [0, 0.1) is 46.3 Å². The summed E-state index contributed by atoms with van der Waals surface area (Å²) in [5.74, 6) is 5.44. The van der Waals surface area contributed by atoms with Gasteiger partial charge in [0.25, 0.3) is 0 Å². The zero-order chi connectivity index (χ0) is 45.2. The molecule has 0 amide bonds. The second-order valence-electron chi connectivity index (χ2n) is 22.7. The van der Waals surface area contributed by atoms with Gasteiger partial charge >= 0.3 is 0 Å². The normalized spacial score (nSPS) is 28.7. The van der Waals surface area contributed by atoms with E-state index in [1.54, 1.807) is 5.57 Å². The molecule has 5 nitrogen and oxygen atoms in total. The maximum Gasteiger partial charge on any atom is 0.0862 e. The van der Waals surface area contributed by atoms with Gasteiger partial charge in [-0.15, -0.1) is 0 Å². The average molecular weight is 880 g/mol. The van der Waals surface area contributed by atoms with Gasteiger partial charge in [-0.3, -0.25) is 0 Å². The average Bonchev–Trinajstić information content (AvgIpc) is 3.63. The van der Waals surface area contributed by atoms with Gasteiger partial charge in [-0.2, -0.15) is 0 Å². The Morgan fingerprint density at radius 2 is 1.30 bits per heavy atom. The SMILES string of the molecule is CCCCC/C=C\C/C=C\CCCCCCCCOCC(N)(CO)COCCCCCCCCCOC1CC[C@@]2(C)C(=CCC3C4CCC(C(C)CCCC(C)C)[C@@]4(C)CCC32)C1. The van der Waals surface area contributed by atoms with Gasteiger partial charge in [-0.1, -0.05) is 167 Å². The van der Waals surface area contributed by atoms with Crippen LogP contribution in [0.25, 0.3) is 0 Å². The van der Waals surface area contributed by atoms with E-state index in [1.807, 2.05) is 0 Å². The van der Waals surface area contributed by atoms with E-state index in [1.165, 1.54) is 173 Å². The molecule has 7 unspecified atom stereocenters. The van der Waals surface area contributed by atoms with Crippen LogP contribution in [0.3, 0.4) is 0 Å². The molecule has 0 radical (unpaired) electrons. The third-order valence-corrected chi connectivity index (χ3v) is 17.1. The number of hydrogen-bond acceptors (Lipinski definition) is 5. The van der Waals surface area contributed by atoms with Crippen LogP contribution in [0.2, 0.25) is 0 Å². The van der Waals surface area contributed by atoms with Gasteiger partial charge in [-0.25, -0.2) is 0 Å². The first-order chi connectivity index (χ1) is 30.6. The Bertz CT molecular complexity index is 1280. The first-order valence-corrected chi connectivity index (χ1v) is 27.7. The Morgan fingerprint density at radius 1 is 0.698 bits per heavy atom. The number of nitrogens with two attached hydrogens (primary N) is 1. The summed E-state index contributed by atoms with van der Waals surface area (Å²) in [5.41, 5.74) is 8.37. The molecule has 0 saturated heterocycles. The van der Waals surface area contributed by atoms with E-state index in [4.69, 9.17) is 19.9 Å². The molecule has 4 aliphatic carbocycles. The summed E-state index contributed by atoms with van der Waals surface area (Å²) in [6.07, 6.45) is 51.2. The van der Waals surface area contributed by atoms with Crippen molar-refractivity contribution in [2.75, 3.05) is 39.6 Å². The topological polar surface area (TPSA) is 73.9 Å². The van der Waals surface area contributed by atoms with Crippen LogP contribution in [0.5, 0.6) is 0 Å². The molecule has 0 bridgehead atoms. The van der Waals surface area contributed by atoms with Crippen LogP contribution in [-0.2, 0) is 14.2 Å². The van der Waals surface area contributed by atoms with Crippen molar-refractivity contribution in [1.29, 1.82) is 0 Å². The molecule has 0 aromatic rings. The van der Waals surface area contributed by atoms with Crippen LogP contribution in [0.1, 0.15) is 234 Å². The van der Waals surface area contributed by atoms with E-state index in [2.05, 4.69) is 71.9 Å². The number of fused-ring (bicyclic) bond motifs is 5. The van der Waals surface area contributed by atoms with E-state index >= 15 is 0 Å². The van der Waals surface area contributed by atoms with Crippen LogP contribution in [-0.4, -0.2) is 56.4 Å². The van der Waals surface area contributed by atoms with E-state index in [0.29, 0.717) is 43.4 Å². The molecule has 9 atom stereocenters. The highest BCUT2D eigenvalue weighted by Crippen LogP contribution is 2.67. The van der Waals surface area contributed by atoms with Gasteiger partial charge in [0, 0.05) is 19.8 Å². The number of aliphatic hydroxyl groups excluding tert-OH is 1. The Morgan fingerprint density at radius 3 is 1.92 bits per heavy atom. The van der Waals surface area contributed by atoms with Crippen molar-refractivity contribution in [3.63, 3.8) is 0 Å². The van der Waals surface area contributed by atoms with Crippen LogP contribution < -0.4 is 5.73 Å². The molecule has 366 valence electrons. The number of rotatable bonds is 36. The maximum atomic E-state index is 9.93. The number of allylic oxidation sites excluding steroid dienone is 5. The van der Waals surface area contributed by atoms with Crippen molar-refractivity contribution in [3.8, 4) is 0 Å². The zero-order valence-electron chi connectivity index (χ0n) is 42.6. The summed E-state index contributed by atoms with van der Waals surface area (Å²) in [6, 6.07) is 0. The quantitative estimate of drug-likeness (QED) is 0.0484. The Labute approximate surface area is 391 Å². The number of aliphatic hydroxyl groups is 1. The Hall–Kier alpha value is -0.980. The summed E-state index contributed by atoms with van der Waals surface area (Å²) in [4.78, 5) is 0. The van der Waals surface area contributed by atoms with Crippen molar-refractivity contribution < 1.29 is 19.3 Å². The fourth-order valence-corrected chi connectivity index (χ4v) is 13.1. The molecule has 4 aliphatic rings. The lowest BCUT2D eigenvalue weighted by atomic mass is 9.47. The molecule has 5 heteroatoms. The molecule has 4 rings (SSSR count). The summed E-state index contributed by atoms with van der Waals surface area (Å²) >= 11 is 0. The maximum absolute atomic E-state index is 9.93. The Kier molecular flexibility index (Phi) is 26.4. The second kappa shape index (κ2) is 30.4. The van der Waals surface area contributed by atoms with Crippen molar-refractivity contribution in [3.05, 3.63) is 36.0 Å². The molecule has 0 spiro atoms. The third kappa shape index (κ3) is 18.6. The van der Waals surface area contributed by atoms with Crippen LogP contribution >= 0.6 is 0 Å². The predicted molar refractivity (Wildman–Crippen MR) is 270 cm³/mol. The molecule has 3 fully saturated rings. The fraction of sp³-hybridized carbons (Fsp3) is 0.897. The Balaban J connectivity index is 0.946. The number of hydrogen-bond donors (Lipinski definition) is 2. The van der Waals surface area contributed by atoms with Gasteiger partial charge in [0.2, 0.25) is 0 Å². The standard InChI is InChI=1S/C58H105NO4/c1-7-8-9-10-11-12-13-14-15-16-17-18-19-21-24-27-41-61-46-58(59,45-60)47-62-42-28-25-22-20-23-26-29-43-63-51-37-39-56(5)50(44-51)33-34-52-54-36-35-53(49(4)32-30-31-48(2)3)57(54,6)40-38-55(52)56/h11-12,14-15,33,48-49,51-55,60H,7-10,13,16-32,34-47,59H2,1-6H3/b12-11-,15-14-/t49?,51?,52?,53?,54?,55?,56-,57+,58?/m0/s1. The largest absolute Gasteiger partial charge is 0.394 e. The monoisotopic (exact) mass is 880 g/mol. The molecule has 3 N–H and O–H groups in total. The fourth-order valence-electron chi connectivity index (χ4n) is 13.1. The highest BCUT2D eigenvalue weighted by atomic mass is 16.5. The minimum absolute atomic E-state index is 0.113. The minimum atomic E-state index is -0.809. The van der Waals surface area contributed by atoms with E-state index in [-0.39, 0.29) is 6.61 Å². The third-order valence-electron chi connectivity index (χ3n) is 17.1. The van der Waals surface area contributed by atoms with Gasteiger partial charge < -0.3 is 25.1 Å². The smallest absolute Gasteiger partial charge is 0.0862 e. The van der Waals surface area contributed by atoms with Crippen LogP contribution in [0.15, 0.2) is 36.0 Å². The first-order valence-electron chi connectivity index (χ1n) is 27.7. The summed E-state index contributed by atoms with van der Waals surface area (Å²) in [5, 5.41) is 9.93. The molecule has 0 aromatic carbocycles. The summed E-state index contributed by atoms with van der Waals surface area (Å²) < 4.78 is 18.4. The lowest BCUT2D eigenvalue weighted by Gasteiger charge is -2.58. The van der Waals surface area contributed by atoms with E-state index in [0.717, 1.165) is 61.4 Å². The highest BCUT2D eigenvalue weighted by Gasteiger charge is 2.59. The number of unbranched alkanes of at least 4 members (excludes halogenated alkanes) is 15. The highest BCUT2D eigenvalue weighted by molar-refractivity contribution is 5.25. The van der Waals surface area contributed by atoms with Gasteiger partial charge in [0.1, 0.15) is 0 Å². The van der Waals surface area contributed by atoms with Crippen LogP contribution in [0.4, 0.5) is 0 Å². The van der Waals surface area contributed by atoms with Crippen molar-refractivity contribution in [2.45, 2.75) is 246 Å². The molecular weight excluding hydrogens is 775 g/mol. The molecule has 63 heavy (non-hydrogen) atoms. The van der Waals surface area contributed by atoms with Crippen molar-refractivity contribution in [2.24, 2.45) is 52.1 Å². The molecular formula is C58H105NO4. The zero-order valence-corrected chi connectivity index (χ0v) is 42.6. The molecule has 3 saturated carbocycles. The molecule has 0 aromatic heterocycles. The van der Waals surface area contributed by atoms with Gasteiger partial charge in [0.15, 0.2) is 0 Å². The number of ether oxygens (including phenoxy) is 3.